The Labute approximate surface area is 127 Å². The molecule has 0 radical (unpaired) electrons. The molecule has 2 rings (SSSR count). The van der Waals surface area contributed by atoms with Crippen molar-refractivity contribution in [2.24, 2.45) is 0 Å². The molecular formula is C17H28N2O2. The van der Waals surface area contributed by atoms with Crippen LogP contribution in [0.25, 0.3) is 0 Å². The summed E-state index contributed by atoms with van der Waals surface area (Å²) in [6, 6.07) is 2.28. The summed E-state index contributed by atoms with van der Waals surface area (Å²) in [5, 5.41) is 4.50. The van der Waals surface area contributed by atoms with Crippen LogP contribution >= 0.6 is 0 Å². The van der Waals surface area contributed by atoms with Crippen LogP contribution in [0.1, 0.15) is 71.0 Å². The number of carbonyl (C=O) groups is 1. The first-order chi connectivity index (χ1) is 10.1. The number of ether oxygens (including phenoxy) is 1. The van der Waals surface area contributed by atoms with Gasteiger partial charge < -0.3 is 4.74 Å². The van der Waals surface area contributed by atoms with E-state index in [0.29, 0.717) is 19.1 Å². The Balaban J connectivity index is 2.10. The maximum absolute atomic E-state index is 12.8. The number of nitrogens with zero attached hydrogens (tertiary/aromatic N) is 2. The molecule has 0 bridgehead atoms. The van der Waals surface area contributed by atoms with Gasteiger partial charge >= 0.3 is 0 Å². The summed E-state index contributed by atoms with van der Waals surface area (Å²) < 4.78 is 7.86. The van der Waals surface area contributed by atoms with Crippen molar-refractivity contribution in [2.75, 3.05) is 6.61 Å². The van der Waals surface area contributed by atoms with E-state index in [4.69, 9.17) is 4.74 Å². The number of ketones is 1. The molecule has 21 heavy (non-hydrogen) atoms. The van der Waals surface area contributed by atoms with Gasteiger partial charge in [-0.1, -0.05) is 25.7 Å². The van der Waals surface area contributed by atoms with E-state index in [9.17, 15) is 4.79 Å². The van der Waals surface area contributed by atoms with Crippen LogP contribution in [0, 0.1) is 0 Å². The predicted molar refractivity (Wildman–Crippen MR) is 83.4 cm³/mol. The van der Waals surface area contributed by atoms with Crippen molar-refractivity contribution < 1.29 is 9.53 Å². The van der Waals surface area contributed by atoms with Crippen molar-refractivity contribution >= 4 is 5.78 Å². The van der Waals surface area contributed by atoms with Crippen LogP contribution in [0.2, 0.25) is 0 Å². The molecule has 1 saturated carbocycles. The fourth-order valence-electron chi connectivity index (χ4n) is 3.16. The predicted octanol–water partition coefficient (Wildman–Crippen LogP) is 3.71. The Hall–Kier alpha value is -1.16. The van der Waals surface area contributed by atoms with Crippen LogP contribution in [0.4, 0.5) is 0 Å². The number of aromatic nitrogens is 2. The Morgan fingerprint density at radius 3 is 2.52 bits per heavy atom. The van der Waals surface area contributed by atoms with Gasteiger partial charge in [-0.05, 0) is 39.7 Å². The first-order valence-electron chi connectivity index (χ1n) is 8.28. The Bertz CT molecular complexity index is 457. The van der Waals surface area contributed by atoms with Gasteiger partial charge in [0, 0.05) is 18.8 Å². The lowest BCUT2D eigenvalue weighted by Gasteiger charge is -2.31. The minimum Gasteiger partial charge on any atom is -0.367 e. The maximum atomic E-state index is 12.8. The quantitative estimate of drug-likeness (QED) is 0.751. The molecule has 1 aliphatic rings. The maximum Gasteiger partial charge on any atom is 0.170 e. The molecule has 0 unspecified atom stereocenters. The summed E-state index contributed by atoms with van der Waals surface area (Å²) >= 11 is 0. The second kappa shape index (κ2) is 7.21. The van der Waals surface area contributed by atoms with Gasteiger partial charge in [0.15, 0.2) is 5.78 Å². The van der Waals surface area contributed by atoms with Gasteiger partial charge in [0.2, 0.25) is 0 Å². The van der Waals surface area contributed by atoms with Crippen molar-refractivity contribution in [1.29, 1.82) is 0 Å². The van der Waals surface area contributed by atoms with Crippen molar-refractivity contribution in [1.82, 2.24) is 9.78 Å². The van der Waals surface area contributed by atoms with E-state index in [1.807, 2.05) is 23.9 Å². The van der Waals surface area contributed by atoms with Crippen molar-refractivity contribution in [2.45, 2.75) is 77.4 Å². The second-order valence-electron chi connectivity index (χ2n) is 6.32. The van der Waals surface area contributed by atoms with Crippen molar-refractivity contribution in [3.05, 3.63) is 18.0 Å². The van der Waals surface area contributed by atoms with Gasteiger partial charge in [0.1, 0.15) is 5.60 Å². The molecule has 1 aliphatic carbocycles. The third-order valence-corrected chi connectivity index (χ3v) is 4.37. The standard InChI is InChI=1S/C17H28N2O2/c1-4-21-17(10-7-5-6-8-11-17)16(20)13-15-9-12-19(18-15)14(2)3/h9,12,14H,4-8,10-11,13H2,1-3H3. The summed E-state index contributed by atoms with van der Waals surface area (Å²) in [5.74, 6) is 0.209. The van der Waals surface area contributed by atoms with Gasteiger partial charge in [-0.2, -0.15) is 5.10 Å². The normalized spacial score (nSPS) is 18.7. The largest absolute Gasteiger partial charge is 0.367 e. The number of hydrogen-bond donors (Lipinski definition) is 0. The van der Waals surface area contributed by atoms with Gasteiger partial charge in [0.05, 0.1) is 12.1 Å². The van der Waals surface area contributed by atoms with Crippen LogP contribution in [0.5, 0.6) is 0 Å². The van der Waals surface area contributed by atoms with E-state index in [2.05, 4.69) is 18.9 Å². The Morgan fingerprint density at radius 2 is 2.00 bits per heavy atom. The molecule has 0 amide bonds. The smallest absolute Gasteiger partial charge is 0.170 e. The molecule has 1 fully saturated rings. The molecule has 1 aromatic heterocycles. The van der Waals surface area contributed by atoms with E-state index < -0.39 is 5.60 Å². The summed E-state index contributed by atoms with van der Waals surface area (Å²) in [4.78, 5) is 12.8. The average molecular weight is 292 g/mol. The molecule has 0 aromatic carbocycles. The summed E-state index contributed by atoms with van der Waals surface area (Å²) in [7, 11) is 0. The fourth-order valence-corrected chi connectivity index (χ4v) is 3.16. The highest BCUT2D eigenvalue weighted by atomic mass is 16.5. The first kappa shape index (κ1) is 16.2. The van der Waals surface area contributed by atoms with Crippen LogP contribution in [-0.4, -0.2) is 27.8 Å². The number of Topliss-reactive ketones (excluding diaryl/α,β-unsaturated/α-hetero) is 1. The molecule has 0 atom stereocenters. The summed E-state index contributed by atoms with van der Waals surface area (Å²) in [6.07, 6.45) is 8.68. The topological polar surface area (TPSA) is 44.1 Å². The van der Waals surface area contributed by atoms with Crippen LogP contribution in [0.3, 0.4) is 0 Å². The van der Waals surface area contributed by atoms with Gasteiger partial charge in [-0.25, -0.2) is 0 Å². The molecule has 0 saturated heterocycles. The minimum atomic E-state index is -0.563. The molecule has 0 N–H and O–H groups in total. The third-order valence-electron chi connectivity index (χ3n) is 4.37. The van der Waals surface area contributed by atoms with E-state index >= 15 is 0 Å². The van der Waals surface area contributed by atoms with Crippen LogP contribution in [-0.2, 0) is 16.0 Å². The van der Waals surface area contributed by atoms with E-state index in [-0.39, 0.29) is 5.78 Å². The van der Waals surface area contributed by atoms with Crippen molar-refractivity contribution in [3.63, 3.8) is 0 Å². The second-order valence-corrected chi connectivity index (χ2v) is 6.32. The summed E-state index contributed by atoms with van der Waals surface area (Å²) in [5.41, 5.74) is 0.296. The minimum absolute atomic E-state index is 0.209. The van der Waals surface area contributed by atoms with E-state index in [0.717, 1.165) is 31.4 Å². The van der Waals surface area contributed by atoms with Gasteiger partial charge in [0.25, 0.3) is 0 Å². The highest BCUT2D eigenvalue weighted by Gasteiger charge is 2.38. The number of hydrogen-bond acceptors (Lipinski definition) is 3. The lowest BCUT2D eigenvalue weighted by molar-refractivity contribution is -0.145. The molecule has 4 heteroatoms. The number of carbonyl (C=O) groups excluding carboxylic acids is 1. The monoisotopic (exact) mass is 292 g/mol. The molecule has 118 valence electrons. The zero-order chi connectivity index (χ0) is 15.3. The Kier molecular flexibility index (Phi) is 5.57. The Morgan fingerprint density at radius 1 is 1.33 bits per heavy atom. The molecule has 1 aromatic rings. The molecule has 0 aliphatic heterocycles. The zero-order valence-corrected chi connectivity index (χ0v) is 13.6. The molecule has 4 nitrogen and oxygen atoms in total. The van der Waals surface area contributed by atoms with Crippen LogP contribution < -0.4 is 0 Å². The van der Waals surface area contributed by atoms with Gasteiger partial charge in [-0.3, -0.25) is 9.48 Å². The zero-order valence-electron chi connectivity index (χ0n) is 13.6. The number of rotatable bonds is 6. The van der Waals surface area contributed by atoms with Gasteiger partial charge in [-0.15, -0.1) is 0 Å². The van der Waals surface area contributed by atoms with E-state index in [1.54, 1.807) is 0 Å². The SMILES string of the molecule is CCOC1(C(=O)Cc2ccn(C(C)C)n2)CCCCCC1. The lowest BCUT2D eigenvalue weighted by Crippen LogP contribution is -2.42. The van der Waals surface area contributed by atoms with Crippen LogP contribution in [0.15, 0.2) is 12.3 Å². The fraction of sp³-hybridized carbons (Fsp3) is 0.765. The van der Waals surface area contributed by atoms with E-state index in [1.165, 1.54) is 12.8 Å². The lowest BCUT2D eigenvalue weighted by atomic mass is 9.87. The van der Waals surface area contributed by atoms with Crippen molar-refractivity contribution in [3.8, 4) is 0 Å². The molecule has 1 heterocycles. The highest BCUT2D eigenvalue weighted by Crippen LogP contribution is 2.32. The third kappa shape index (κ3) is 3.94. The average Bonchev–Trinajstić information content (AvgIpc) is 2.78. The summed E-state index contributed by atoms with van der Waals surface area (Å²) in [6.45, 7) is 6.76. The highest BCUT2D eigenvalue weighted by molar-refractivity contribution is 5.89. The first-order valence-corrected chi connectivity index (χ1v) is 8.28. The molecule has 0 spiro atoms. The molecular weight excluding hydrogens is 264 g/mol.